The van der Waals surface area contributed by atoms with E-state index in [0.717, 1.165) is 16.5 Å². The fourth-order valence-corrected chi connectivity index (χ4v) is 1.86. The molecule has 1 atom stereocenters. The maximum absolute atomic E-state index is 11.9. The van der Waals surface area contributed by atoms with Gasteiger partial charge in [-0.1, -0.05) is 18.2 Å². The van der Waals surface area contributed by atoms with Crippen LogP contribution in [0.2, 0.25) is 0 Å². The van der Waals surface area contributed by atoms with E-state index in [2.05, 4.69) is 16.2 Å². The zero-order chi connectivity index (χ0) is 13.0. The van der Waals surface area contributed by atoms with Gasteiger partial charge in [0.05, 0.1) is 0 Å². The van der Waals surface area contributed by atoms with Gasteiger partial charge in [0.2, 0.25) is 0 Å². The summed E-state index contributed by atoms with van der Waals surface area (Å²) in [6, 6.07) is 9.88. The normalized spacial score (nSPS) is 12.2. The Morgan fingerprint density at radius 1 is 1.44 bits per heavy atom. The molecule has 92 valence electrons. The second-order valence-electron chi connectivity index (χ2n) is 4.40. The summed E-state index contributed by atoms with van der Waals surface area (Å²) in [6.45, 7) is 2.54. The van der Waals surface area contributed by atoms with E-state index in [1.807, 2.05) is 37.3 Å². The van der Waals surface area contributed by atoms with E-state index >= 15 is 0 Å². The van der Waals surface area contributed by atoms with Crippen molar-refractivity contribution in [3.8, 4) is 12.3 Å². The molecule has 0 saturated heterocycles. The quantitative estimate of drug-likeness (QED) is 0.803. The Morgan fingerprint density at radius 2 is 2.22 bits per heavy atom. The summed E-state index contributed by atoms with van der Waals surface area (Å²) in [5.74, 6) is 2.60. The summed E-state index contributed by atoms with van der Waals surface area (Å²) in [7, 11) is 0. The van der Waals surface area contributed by atoms with Crippen LogP contribution in [-0.2, 0) is 6.54 Å². The Bertz CT molecular complexity index is 637. The van der Waals surface area contributed by atoms with Gasteiger partial charge in [-0.3, -0.25) is 4.79 Å². The smallest absolute Gasteiger partial charge is 0.252 e. The fourth-order valence-electron chi connectivity index (χ4n) is 1.86. The van der Waals surface area contributed by atoms with E-state index in [1.165, 1.54) is 0 Å². The van der Waals surface area contributed by atoms with E-state index in [-0.39, 0.29) is 11.6 Å². The molecular weight excluding hydrogens is 224 g/mol. The Hall–Kier alpha value is -2.05. The highest BCUT2D eigenvalue weighted by molar-refractivity contribution is 5.78. The van der Waals surface area contributed by atoms with Crippen LogP contribution in [0, 0.1) is 12.3 Å². The summed E-state index contributed by atoms with van der Waals surface area (Å²) >= 11 is 0. The number of benzene rings is 1. The molecular formula is C15H16N2O. The average molecular weight is 240 g/mol. The Labute approximate surface area is 106 Å². The number of pyridine rings is 1. The maximum Gasteiger partial charge on any atom is 0.252 e. The van der Waals surface area contributed by atoms with Crippen LogP contribution in [0.4, 0.5) is 0 Å². The second kappa shape index (κ2) is 5.52. The van der Waals surface area contributed by atoms with Crippen molar-refractivity contribution in [2.24, 2.45) is 0 Å². The molecule has 18 heavy (non-hydrogen) atoms. The highest BCUT2D eigenvalue weighted by Crippen LogP contribution is 2.10. The molecule has 1 aromatic heterocycles. The van der Waals surface area contributed by atoms with E-state index in [9.17, 15) is 4.79 Å². The molecule has 0 aliphatic carbocycles. The molecule has 1 unspecified atom stereocenters. The molecule has 0 bridgehead atoms. The van der Waals surface area contributed by atoms with Gasteiger partial charge in [-0.15, -0.1) is 12.3 Å². The van der Waals surface area contributed by atoms with Gasteiger partial charge in [0.1, 0.15) is 0 Å². The molecule has 0 radical (unpaired) electrons. The topological polar surface area (TPSA) is 44.9 Å². The molecule has 2 N–H and O–H groups in total. The highest BCUT2D eigenvalue weighted by Gasteiger charge is 2.04. The van der Waals surface area contributed by atoms with Gasteiger partial charge in [0.15, 0.2) is 0 Å². The van der Waals surface area contributed by atoms with Crippen molar-refractivity contribution in [3.63, 3.8) is 0 Å². The Morgan fingerprint density at radius 3 is 3.00 bits per heavy atom. The first kappa shape index (κ1) is 12.4. The van der Waals surface area contributed by atoms with Crippen molar-refractivity contribution < 1.29 is 0 Å². The van der Waals surface area contributed by atoms with Crippen molar-refractivity contribution in [2.45, 2.75) is 25.9 Å². The van der Waals surface area contributed by atoms with E-state index in [0.29, 0.717) is 13.0 Å². The predicted molar refractivity (Wildman–Crippen MR) is 74.3 cm³/mol. The first-order chi connectivity index (χ1) is 8.70. The van der Waals surface area contributed by atoms with Crippen LogP contribution in [-0.4, -0.2) is 11.0 Å². The molecule has 2 aromatic rings. The fraction of sp³-hybridized carbons (Fsp3) is 0.267. The van der Waals surface area contributed by atoms with Crippen molar-refractivity contribution in [1.82, 2.24) is 10.3 Å². The number of aromatic amines is 1. The van der Waals surface area contributed by atoms with Gasteiger partial charge < -0.3 is 10.3 Å². The van der Waals surface area contributed by atoms with E-state index < -0.39 is 0 Å². The Balaban J connectivity index is 2.21. The Kier molecular flexibility index (Phi) is 3.81. The zero-order valence-corrected chi connectivity index (χ0v) is 10.4. The maximum atomic E-state index is 11.9. The minimum Gasteiger partial charge on any atom is -0.322 e. The SMILES string of the molecule is C#CCC(C)NCc1cc2ccccc2[nH]c1=O. The number of hydrogen-bond donors (Lipinski definition) is 2. The lowest BCUT2D eigenvalue weighted by Crippen LogP contribution is -2.28. The van der Waals surface area contributed by atoms with Crippen molar-refractivity contribution in [1.29, 1.82) is 0 Å². The number of terminal acetylenes is 1. The largest absolute Gasteiger partial charge is 0.322 e. The van der Waals surface area contributed by atoms with Gasteiger partial charge in [-0.05, 0) is 24.4 Å². The lowest BCUT2D eigenvalue weighted by molar-refractivity contribution is 0.557. The number of fused-ring (bicyclic) bond motifs is 1. The van der Waals surface area contributed by atoms with Crippen molar-refractivity contribution in [3.05, 3.63) is 46.2 Å². The molecule has 2 rings (SSSR count). The van der Waals surface area contributed by atoms with Crippen LogP contribution in [0.1, 0.15) is 18.9 Å². The molecule has 0 amide bonds. The lowest BCUT2D eigenvalue weighted by Gasteiger charge is -2.10. The van der Waals surface area contributed by atoms with Crippen LogP contribution in [0.3, 0.4) is 0 Å². The first-order valence-electron chi connectivity index (χ1n) is 5.98. The summed E-state index contributed by atoms with van der Waals surface area (Å²) in [6.07, 6.45) is 5.90. The van der Waals surface area contributed by atoms with Gasteiger partial charge >= 0.3 is 0 Å². The predicted octanol–water partition coefficient (Wildman–Crippen LogP) is 2.03. The van der Waals surface area contributed by atoms with Gasteiger partial charge in [-0.2, -0.15) is 0 Å². The number of rotatable bonds is 4. The molecule has 3 nitrogen and oxygen atoms in total. The first-order valence-corrected chi connectivity index (χ1v) is 5.98. The second-order valence-corrected chi connectivity index (χ2v) is 4.40. The number of hydrogen-bond acceptors (Lipinski definition) is 2. The number of nitrogens with one attached hydrogen (secondary N) is 2. The standard InChI is InChI=1S/C15H16N2O/c1-3-6-11(2)16-10-13-9-12-7-4-5-8-14(12)17-15(13)18/h1,4-5,7-9,11,16H,6,10H2,2H3,(H,17,18). The average Bonchev–Trinajstić information content (AvgIpc) is 2.36. The summed E-state index contributed by atoms with van der Waals surface area (Å²) < 4.78 is 0. The molecule has 1 heterocycles. The lowest BCUT2D eigenvalue weighted by atomic mass is 10.1. The van der Waals surface area contributed by atoms with Crippen molar-refractivity contribution >= 4 is 10.9 Å². The highest BCUT2D eigenvalue weighted by atomic mass is 16.1. The minimum absolute atomic E-state index is 0.0471. The molecule has 0 saturated carbocycles. The van der Waals surface area contributed by atoms with Crippen LogP contribution >= 0.6 is 0 Å². The monoisotopic (exact) mass is 240 g/mol. The summed E-state index contributed by atoms with van der Waals surface area (Å²) in [5.41, 5.74) is 1.55. The third kappa shape index (κ3) is 2.79. The van der Waals surface area contributed by atoms with Crippen molar-refractivity contribution in [2.75, 3.05) is 0 Å². The summed E-state index contributed by atoms with van der Waals surface area (Å²) in [5, 5.41) is 4.28. The third-order valence-corrected chi connectivity index (χ3v) is 2.90. The van der Waals surface area contributed by atoms with E-state index in [4.69, 9.17) is 6.42 Å². The van der Waals surface area contributed by atoms with Crippen LogP contribution in [0.25, 0.3) is 10.9 Å². The van der Waals surface area contributed by atoms with Gasteiger partial charge in [0, 0.05) is 30.1 Å². The molecule has 0 aliphatic heterocycles. The molecule has 0 spiro atoms. The molecule has 1 aromatic carbocycles. The molecule has 0 aliphatic rings. The zero-order valence-electron chi connectivity index (χ0n) is 10.4. The molecule has 3 heteroatoms. The van der Waals surface area contributed by atoms with Gasteiger partial charge in [0.25, 0.3) is 5.56 Å². The van der Waals surface area contributed by atoms with Gasteiger partial charge in [-0.25, -0.2) is 0 Å². The molecule has 0 fully saturated rings. The van der Waals surface area contributed by atoms with Crippen LogP contribution in [0.15, 0.2) is 35.1 Å². The number of para-hydroxylation sites is 1. The van der Waals surface area contributed by atoms with E-state index in [1.54, 1.807) is 0 Å². The number of H-pyrrole nitrogens is 1. The van der Waals surface area contributed by atoms with Crippen LogP contribution in [0.5, 0.6) is 0 Å². The summed E-state index contributed by atoms with van der Waals surface area (Å²) in [4.78, 5) is 14.7. The third-order valence-electron chi connectivity index (χ3n) is 2.90. The number of aromatic nitrogens is 1. The van der Waals surface area contributed by atoms with Crippen LogP contribution < -0.4 is 10.9 Å². The minimum atomic E-state index is -0.0471.